The lowest BCUT2D eigenvalue weighted by atomic mass is 10.0. The van der Waals surface area contributed by atoms with Crippen LogP contribution in [0.4, 0.5) is 42.9 Å². The number of nitrogens with two attached hydrogens (primary N) is 2. The molecule has 6 N–H and O–H groups in total. The highest BCUT2D eigenvalue weighted by Gasteiger charge is 2.22. The highest BCUT2D eigenvalue weighted by molar-refractivity contribution is 7.86. The quantitative estimate of drug-likeness (QED) is 0.0724. The van der Waals surface area contributed by atoms with Crippen molar-refractivity contribution in [2.45, 2.75) is 9.79 Å². The van der Waals surface area contributed by atoms with Gasteiger partial charge in [0.1, 0.15) is 32.5 Å². The first-order chi connectivity index (χ1) is 22.7. The maximum absolute atomic E-state index is 15.1. The zero-order valence-electron chi connectivity index (χ0n) is 24.3. The molecule has 0 radical (unpaired) electrons. The molecule has 0 spiro atoms. The molecule has 0 fully saturated rings. The van der Waals surface area contributed by atoms with Gasteiger partial charge in [0.2, 0.25) is 0 Å². The minimum atomic E-state index is -4.73. The van der Waals surface area contributed by atoms with E-state index in [1.54, 1.807) is 36.4 Å². The van der Waals surface area contributed by atoms with Gasteiger partial charge in [0.05, 0.1) is 11.4 Å². The minimum absolute atomic E-state index is 0.115. The predicted molar refractivity (Wildman–Crippen MR) is 176 cm³/mol. The smallest absolute Gasteiger partial charge is 0.297 e. The molecule has 0 aliphatic carbocycles. The molecule has 0 saturated carbocycles. The van der Waals surface area contributed by atoms with Crippen LogP contribution in [-0.2, 0) is 20.2 Å². The van der Waals surface area contributed by atoms with Crippen molar-refractivity contribution in [3.63, 3.8) is 0 Å². The van der Waals surface area contributed by atoms with E-state index in [4.69, 9.17) is 11.5 Å². The number of hydrogen-bond acceptors (Lipinski definition) is 10. The van der Waals surface area contributed by atoms with Gasteiger partial charge in [-0.3, -0.25) is 9.11 Å². The standard InChI is InChI=1S/C32H22F2N6O6S2/c33-23-13-17(9-11-25(23)37-39-27-15-19-5-1-3-7-21(19)31(29(27)35)47(41,42)43)18-10-12-26(24(34)14-18)38-40-28-16-20-6-2-4-8-22(20)32(30(28)36)48(44,45)46/h1-16H,35-36H2,(H,41,42,43)(H,44,45,46). The second-order valence-corrected chi connectivity index (χ2v) is 13.1. The summed E-state index contributed by atoms with van der Waals surface area (Å²) in [5, 5.41) is 16.7. The summed E-state index contributed by atoms with van der Waals surface area (Å²) in [5.41, 5.74) is 11.1. The van der Waals surface area contributed by atoms with Crippen molar-refractivity contribution in [2.75, 3.05) is 11.5 Å². The highest BCUT2D eigenvalue weighted by atomic mass is 32.2. The Morgan fingerprint density at radius 3 is 1.21 bits per heavy atom. The molecule has 48 heavy (non-hydrogen) atoms. The maximum Gasteiger partial charge on any atom is 0.297 e. The molecule has 0 bridgehead atoms. The molecule has 0 aliphatic rings. The zero-order chi connectivity index (χ0) is 34.4. The first-order valence-electron chi connectivity index (χ1n) is 13.7. The van der Waals surface area contributed by atoms with Crippen LogP contribution in [0.1, 0.15) is 0 Å². The van der Waals surface area contributed by atoms with Gasteiger partial charge in [0, 0.05) is 10.8 Å². The molecule has 0 unspecified atom stereocenters. The molecular weight excluding hydrogens is 667 g/mol. The monoisotopic (exact) mass is 688 g/mol. The molecule has 6 rings (SSSR count). The van der Waals surface area contributed by atoms with Crippen LogP contribution in [0.3, 0.4) is 0 Å². The number of nitrogens with zero attached hydrogens (tertiary/aromatic N) is 4. The Hall–Kier alpha value is -5.68. The first kappa shape index (κ1) is 32.3. The third kappa shape index (κ3) is 6.19. The van der Waals surface area contributed by atoms with Gasteiger partial charge in [-0.25, -0.2) is 8.78 Å². The summed E-state index contributed by atoms with van der Waals surface area (Å²) in [6.07, 6.45) is 0. The lowest BCUT2D eigenvalue weighted by Crippen LogP contribution is -2.04. The summed E-state index contributed by atoms with van der Waals surface area (Å²) in [6.45, 7) is 0. The van der Waals surface area contributed by atoms with Crippen LogP contribution in [-0.4, -0.2) is 25.9 Å². The largest absolute Gasteiger partial charge is 0.396 e. The van der Waals surface area contributed by atoms with E-state index in [2.05, 4.69) is 20.5 Å². The number of nitrogen functional groups attached to an aromatic ring is 2. The Labute approximate surface area is 271 Å². The van der Waals surface area contributed by atoms with Crippen LogP contribution in [0.15, 0.2) is 127 Å². The molecule has 6 aromatic carbocycles. The van der Waals surface area contributed by atoms with Gasteiger partial charge < -0.3 is 11.5 Å². The molecule has 0 heterocycles. The van der Waals surface area contributed by atoms with Crippen LogP contribution < -0.4 is 11.5 Å². The maximum atomic E-state index is 15.1. The lowest BCUT2D eigenvalue weighted by molar-refractivity contribution is 0.482. The predicted octanol–water partition coefficient (Wildman–Crippen LogP) is 8.43. The summed E-state index contributed by atoms with van der Waals surface area (Å²) in [7, 11) is -9.46. The van der Waals surface area contributed by atoms with E-state index in [0.717, 1.165) is 12.1 Å². The zero-order valence-corrected chi connectivity index (χ0v) is 25.9. The number of fused-ring (bicyclic) bond motifs is 2. The fraction of sp³-hybridized carbons (Fsp3) is 0. The van der Waals surface area contributed by atoms with Gasteiger partial charge in [-0.15, -0.1) is 20.5 Å². The van der Waals surface area contributed by atoms with Crippen molar-refractivity contribution in [3.05, 3.63) is 109 Å². The van der Waals surface area contributed by atoms with Gasteiger partial charge in [-0.05, 0) is 58.3 Å². The number of azo groups is 2. The summed E-state index contributed by atoms with van der Waals surface area (Å²) in [6, 6.07) is 23.1. The molecular formula is C32H22F2N6O6S2. The van der Waals surface area contributed by atoms with Gasteiger partial charge in [0.25, 0.3) is 20.2 Å². The molecule has 16 heteroatoms. The van der Waals surface area contributed by atoms with Crippen molar-refractivity contribution in [3.8, 4) is 11.1 Å². The van der Waals surface area contributed by atoms with Crippen LogP contribution in [0.2, 0.25) is 0 Å². The summed E-state index contributed by atoms with van der Waals surface area (Å²) >= 11 is 0. The van der Waals surface area contributed by atoms with E-state index in [9.17, 15) is 25.9 Å². The number of rotatable bonds is 7. The third-order valence-corrected chi connectivity index (χ3v) is 9.22. The molecule has 0 atom stereocenters. The molecule has 0 aliphatic heterocycles. The average molecular weight is 689 g/mol. The summed E-state index contributed by atoms with van der Waals surface area (Å²) in [5.74, 6) is -1.67. The Balaban J connectivity index is 1.28. The van der Waals surface area contributed by atoms with Crippen molar-refractivity contribution >= 4 is 75.9 Å². The lowest BCUT2D eigenvalue weighted by Gasteiger charge is -2.10. The minimum Gasteiger partial charge on any atom is -0.396 e. The Morgan fingerprint density at radius 1 is 0.500 bits per heavy atom. The van der Waals surface area contributed by atoms with E-state index in [1.807, 2.05) is 0 Å². The Morgan fingerprint density at radius 2 is 0.854 bits per heavy atom. The SMILES string of the molecule is Nc1c(N=Nc2ccc(-c3ccc(N=Nc4cc5ccccc5c(S(=O)(=O)O)c4N)c(F)c3)cc2F)cc2ccccc2c1S(=O)(=O)O. The summed E-state index contributed by atoms with van der Waals surface area (Å²) in [4.78, 5) is -1.09. The van der Waals surface area contributed by atoms with Gasteiger partial charge in [-0.2, -0.15) is 16.8 Å². The van der Waals surface area contributed by atoms with Crippen LogP contribution >= 0.6 is 0 Å². The van der Waals surface area contributed by atoms with E-state index in [-0.39, 0.29) is 56.0 Å². The Kier molecular flexibility index (Phi) is 8.18. The third-order valence-electron chi connectivity index (χ3n) is 7.31. The van der Waals surface area contributed by atoms with Gasteiger partial charge >= 0.3 is 0 Å². The topological polar surface area (TPSA) is 210 Å². The highest BCUT2D eigenvalue weighted by Crippen LogP contribution is 2.39. The molecule has 0 amide bonds. The normalized spacial score (nSPS) is 12.5. The molecule has 0 aromatic heterocycles. The van der Waals surface area contributed by atoms with Crippen molar-refractivity contribution < 1.29 is 34.7 Å². The number of hydrogen-bond donors (Lipinski definition) is 4. The summed E-state index contributed by atoms with van der Waals surface area (Å²) < 4.78 is 97.9. The second kappa shape index (κ2) is 12.2. The first-order valence-corrected chi connectivity index (χ1v) is 16.6. The number of halogens is 2. The van der Waals surface area contributed by atoms with E-state index >= 15 is 8.78 Å². The molecule has 6 aromatic rings. The van der Waals surface area contributed by atoms with E-state index < -0.39 is 41.7 Å². The van der Waals surface area contributed by atoms with Gasteiger partial charge in [0.15, 0.2) is 11.6 Å². The fourth-order valence-electron chi connectivity index (χ4n) is 5.10. The fourth-order valence-corrected chi connectivity index (χ4v) is 6.80. The van der Waals surface area contributed by atoms with E-state index in [0.29, 0.717) is 10.8 Å². The number of benzene rings is 6. The van der Waals surface area contributed by atoms with Crippen molar-refractivity contribution in [1.29, 1.82) is 0 Å². The van der Waals surface area contributed by atoms with Crippen LogP contribution in [0.25, 0.3) is 32.7 Å². The molecule has 0 saturated heterocycles. The van der Waals surface area contributed by atoms with Crippen LogP contribution in [0.5, 0.6) is 0 Å². The van der Waals surface area contributed by atoms with Crippen molar-refractivity contribution in [2.24, 2.45) is 20.5 Å². The van der Waals surface area contributed by atoms with E-state index in [1.165, 1.54) is 48.5 Å². The number of anilines is 2. The van der Waals surface area contributed by atoms with Gasteiger partial charge in [-0.1, -0.05) is 60.7 Å². The molecule has 12 nitrogen and oxygen atoms in total. The Bertz CT molecular complexity index is 2400. The van der Waals surface area contributed by atoms with Crippen LogP contribution in [0, 0.1) is 11.6 Å². The average Bonchev–Trinajstić information content (AvgIpc) is 3.02. The second-order valence-electron chi connectivity index (χ2n) is 10.4. The molecule has 242 valence electrons. The van der Waals surface area contributed by atoms with Crippen molar-refractivity contribution in [1.82, 2.24) is 0 Å².